The van der Waals surface area contributed by atoms with Gasteiger partial charge in [0.25, 0.3) is 0 Å². The number of ketones is 1. The van der Waals surface area contributed by atoms with Crippen LogP contribution >= 0.6 is 0 Å². The molecule has 0 saturated heterocycles. The number of aromatic nitrogens is 2. The molecular formula is C12H19N3O. The van der Waals surface area contributed by atoms with Crippen molar-refractivity contribution in [1.82, 2.24) is 9.78 Å². The summed E-state index contributed by atoms with van der Waals surface area (Å²) in [5.41, 5.74) is 6.90. The first kappa shape index (κ1) is 11.3. The minimum Gasteiger partial charge on any atom is -0.328 e. The van der Waals surface area contributed by atoms with E-state index in [0.717, 1.165) is 31.2 Å². The third-order valence-corrected chi connectivity index (χ3v) is 3.31. The Hall–Kier alpha value is -1.16. The maximum Gasteiger partial charge on any atom is 0.140 e. The van der Waals surface area contributed by atoms with Crippen LogP contribution in [0.15, 0.2) is 12.4 Å². The van der Waals surface area contributed by atoms with Crippen molar-refractivity contribution in [2.45, 2.75) is 38.1 Å². The van der Waals surface area contributed by atoms with Gasteiger partial charge in [-0.3, -0.25) is 9.48 Å². The first-order valence-electron chi connectivity index (χ1n) is 5.91. The van der Waals surface area contributed by atoms with E-state index in [9.17, 15) is 4.79 Å². The van der Waals surface area contributed by atoms with Crippen molar-refractivity contribution in [2.24, 2.45) is 18.7 Å². The third kappa shape index (κ3) is 2.70. The zero-order valence-corrected chi connectivity index (χ0v) is 9.72. The predicted molar refractivity (Wildman–Crippen MR) is 61.9 cm³/mol. The fourth-order valence-corrected chi connectivity index (χ4v) is 2.43. The Kier molecular flexibility index (Phi) is 3.39. The van der Waals surface area contributed by atoms with Crippen LogP contribution in [0.2, 0.25) is 0 Å². The molecule has 0 aromatic carbocycles. The van der Waals surface area contributed by atoms with Crippen molar-refractivity contribution in [2.75, 3.05) is 0 Å². The highest BCUT2D eigenvalue weighted by Crippen LogP contribution is 2.24. The summed E-state index contributed by atoms with van der Waals surface area (Å²) in [7, 11) is 1.87. The van der Waals surface area contributed by atoms with Gasteiger partial charge in [-0.15, -0.1) is 0 Å². The molecule has 0 spiro atoms. The second-order valence-corrected chi connectivity index (χ2v) is 4.79. The molecular weight excluding hydrogens is 202 g/mol. The number of rotatable bonds is 3. The lowest BCUT2D eigenvalue weighted by Gasteiger charge is -2.25. The Bertz CT molecular complexity index is 372. The monoisotopic (exact) mass is 221 g/mol. The number of nitrogens with two attached hydrogens (primary N) is 1. The Labute approximate surface area is 95.8 Å². The second-order valence-electron chi connectivity index (χ2n) is 4.79. The van der Waals surface area contributed by atoms with Crippen LogP contribution < -0.4 is 5.73 Å². The summed E-state index contributed by atoms with van der Waals surface area (Å²) in [6.45, 7) is 0. The lowest BCUT2D eigenvalue weighted by molar-refractivity contribution is -0.123. The van der Waals surface area contributed by atoms with Gasteiger partial charge >= 0.3 is 0 Å². The maximum atomic E-state index is 12.0. The Morgan fingerprint density at radius 3 is 3.06 bits per heavy atom. The molecule has 1 aromatic heterocycles. The molecule has 0 bridgehead atoms. The molecule has 4 heteroatoms. The van der Waals surface area contributed by atoms with Crippen LogP contribution in [0.25, 0.3) is 0 Å². The van der Waals surface area contributed by atoms with E-state index >= 15 is 0 Å². The van der Waals surface area contributed by atoms with Crippen LogP contribution in [0.5, 0.6) is 0 Å². The SMILES string of the molecule is Cn1cc(CC(=O)C2CCCC(N)C2)cn1. The van der Waals surface area contributed by atoms with Gasteiger partial charge in [-0.25, -0.2) is 0 Å². The van der Waals surface area contributed by atoms with Gasteiger partial charge in [0, 0.05) is 31.6 Å². The second kappa shape index (κ2) is 4.78. The number of Topliss-reactive ketones (excluding diaryl/α,β-unsaturated/α-hetero) is 1. The van der Waals surface area contributed by atoms with E-state index in [1.54, 1.807) is 10.9 Å². The van der Waals surface area contributed by atoms with Gasteiger partial charge in [0.2, 0.25) is 0 Å². The van der Waals surface area contributed by atoms with E-state index in [1.165, 1.54) is 0 Å². The molecule has 88 valence electrons. The van der Waals surface area contributed by atoms with E-state index in [0.29, 0.717) is 12.2 Å². The lowest BCUT2D eigenvalue weighted by Crippen LogP contribution is -2.32. The van der Waals surface area contributed by atoms with Crippen LogP contribution in [-0.2, 0) is 18.3 Å². The van der Waals surface area contributed by atoms with Gasteiger partial charge in [0.05, 0.1) is 6.20 Å². The van der Waals surface area contributed by atoms with Crippen molar-refractivity contribution in [1.29, 1.82) is 0 Å². The Morgan fingerprint density at radius 1 is 1.62 bits per heavy atom. The van der Waals surface area contributed by atoms with E-state index in [-0.39, 0.29) is 12.0 Å². The normalized spacial score (nSPS) is 25.6. The van der Waals surface area contributed by atoms with E-state index in [2.05, 4.69) is 5.10 Å². The smallest absolute Gasteiger partial charge is 0.140 e. The van der Waals surface area contributed by atoms with Crippen molar-refractivity contribution < 1.29 is 4.79 Å². The minimum absolute atomic E-state index is 0.170. The summed E-state index contributed by atoms with van der Waals surface area (Å²) in [4.78, 5) is 12.0. The summed E-state index contributed by atoms with van der Waals surface area (Å²) in [5.74, 6) is 0.493. The van der Waals surface area contributed by atoms with Gasteiger partial charge in [-0.05, 0) is 24.8 Å². The molecule has 2 atom stereocenters. The average Bonchev–Trinajstić information content (AvgIpc) is 2.64. The number of hydrogen-bond donors (Lipinski definition) is 1. The highest BCUT2D eigenvalue weighted by molar-refractivity contribution is 5.83. The van der Waals surface area contributed by atoms with Crippen molar-refractivity contribution in [3.8, 4) is 0 Å². The number of carbonyl (C=O) groups excluding carboxylic acids is 1. The van der Waals surface area contributed by atoms with E-state index in [1.807, 2.05) is 13.2 Å². The van der Waals surface area contributed by atoms with Gasteiger partial charge in [0.1, 0.15) is 5.78 Å². The highest BCUT2D eigenvalue weighted by atomic mass is 16.1. The molecule has 0 radical (unpaired) electrons. The summed E-state index contributed by atoms with van der Waals surface area (Å²) in [5, 5.41) is 4.07. The first-order valence-corrected chi connectivity index (χ1v) is 5.91. The van der Waals surface area contributed by atoms with E-state index in [4.69, 9.17) is 5.73 Å². The van der Waals surface area contributed by atoms with Crippen molar-refractivity contribution in [3.05, 3.63) is 18.0 Å². The lowest BCUT2D eigenvalue weighted by atomic mass is 9.82. The molecule has 16 heavy (non-hydrogen) atoms. The molecule has 1 aliphatic rings. The quantitative estimate of drug-likeness (QED) is 0.830. The summed E-state index contributed by atoms with van der Waals surface area (Å²) >= 11 is 0. The predicted octanol–water partition coefficient (Wildman–Crippen LogP) is 1.05. The van der Waals surface area contributed by atoms with Crippen molar-refractivity contribution in [3.63, 3.8) is 0 Å². The largest absolute Gasteiger partial charge is 0.328 e. The first-order chi connectivity index (χ1) is 7.65. The van der Waals surface area contributed by atoms with Gasteiger partial charge in [-0.1, -0.05) is 6.42 Å². The third-order valence-electron chi connectivity index (χ3n) is 3.31. The number of aryl methyl sites for hydroxylation is 1. The maximum absolute atomic E-state index is 12.0. The van der Waals surface area contributed by atoms with Crippen LogP contribution in [0.1, 0.15) is 31.2 Å². The minimum atomic E-state index is 0.170. The number of hydrogen-bond acceptors (Lipinski definition) is 3. The zero-order valence-electron chi connectivity index (χ0n) is 9.72. The molecule has 1 fully saturated rings. The fourth-order valence-electron chi connectivity index (χ4n) is 2.43. The average molecular weight is 221 g/mol. The van der Waals surface area contributed by atoms with Gasteiger partial charge in [-0.2, -0.15) is 5.10 Å². The Balaban J connectivity index is 1.92. The summed E-state index contributed by atoms with van der Waals surface area (Å²) in [6.07, 6.45) is 8.19. The molecule has 0 amide bonds. The molecule has 1 heterocycles. The summed E-state index contributed by atoms with van der Waals surface area (Å²) in [6, 6.07) is 0.219. The zero-order chi connectivity index (χ0) is 11.5. The summed E-state index contributed by atoms with van der Waals surface area (Å²) < 4.78 is 1.73. The fraction of sp³-hybridized carbons (Fsp3) is 0.667. The molecule has 1 saturated carbocycles. The highest BCUT2D eigenvalue weighted by Gasteiger charge is 2.25. The van der Waals surface area contributed by atoms with E-state index < -0.39 is 0 Å². The number of nitrogens with zero attached hydrogens (tertiary/aromatic N) is 2. The van der Waals surface area contributed by atoms with Crippen molar-refractivity contribution >= 4 is 5.78 Å². The standard InChI is InChI=1S/C12H19N3O/c1-15-8-9(7-14-15)5-12(16)10-3-2-4-11(13)6-10/h7-8,10-11H,2-6,13H2,1H3. The molecule has 2 unspecified atom stereocenters. The van der Waals surface area contributed by atoms with Gasteiger partial charge in [0.15, 0.2) is 0 Å². The Morgan fingerprint density at radius 2 is 2.44 bits per heavy atom. The topological polar surface area (TPSA) is 60.9 Å². The van der Waals surface area contributed by atoms with Crippen LogP contribution in [0.4, 0.5) is 0 Å². The molecule has 2 N–H and O–H groups in total. The van der Waals surface area contributed by atoms with Gasteiger partial charge < -0.3 is 5.73 Å². The molecule has 1 aromatic rings. The number of carbonyl (C=O) groups is 1. The van der Waals surface area contributed by atoms with Crippen LogP contribution in [0.3, 0.4) is 0 Å². The van der Waals surface area contributed by atoms with Crippen LogP contribution in [0, 0.1) is 5.92 Å². The molecule has 2 rings (SSSR count). The van der Waals surface area contributed by atoms with Crippen LogP contribution in [-0.4, -0.2) is 21.6 Å². The molecule has 0 aliphatic heterocycles. The molecule has 1 aliphatic carbocycles. The molecule has 4 nitrogen and oxygen atoms in total.